The second-order valence-corrected chi connectivity index (χ2v) is 3.34. The predicted molar refractivity (Wildman–Crippen MR) is 57.2 cm³/mol. The van der Waals surface area contributed by atoms with E-state index in [0.29, 0.717) is 6.07 Å². The van der Waals surface area contributed by atoms with E-state index in [4.69, 9.17) is 5.73 Å². The molecule has 17 heavy (non-hydrogen) atoms. The minimum absolute atomic E-state index is 0.172. The number of anilines is 1. The zero-order valence-corrected chi connectivity index (χ0v) is 8.96. The number of rotatable bonds is 3. The van der Waals surface area contributed by atoms with Crippen molar-refractivity contribution in [3.63, 3.8) is 0 Å². The molecular weight excluding hydrogens is 232 g/mol. The molecule has 92 valence electrons. The van der Waals surface area contributed by atoms with Crippen LogP contribution in [0.4, 0.5) is 19.3 Å². The Balaban J connectivity index is 2.71. The predicted octanol–water partition coefficient (Wildman–Crippen LogP) is 0.960. The molecule has 7 heteroatoms. The number of carbonyl (C=O) groups excluding carboxylic acids is 2. The summed E-state index contributed by atoms with van der Waals surface area (Å²) in [5.41, 5.74) is 4.65. The molecule has 1 rings (SSSR count). The highest BCUT2D eigenvalue weighted by molar-refractivity contribution is 5.96. The monoisotopic (exact) mass is 243 g/mol. The maximum absolute atomic E-state index is 13.2. The molecule has 1 aromatic rings. The Morgan fingerprint density at radius 2 is 2.00 bits per heavy atom. The van der Waals surface area contributed by atoms with E-state index >= 15 is 0 Å². The number of amides is 3. The average molecular weight is 243 g/mol. The van der Waals surface area contributed by atoms with Gasteiger partial charge in [-0.15, -0.1) is 0 Å². The molecule has 4 N–H and O–H groups in total. The van der Waals surface area contributed by atoms with Crippen LogP contribution in [0, 0.1) is 11.6 Å². The molecule has 1 atom stereocenters. The average Bonchev–Trinajstić information content (AvgIpc) is 2.21. The summed E-state index contributed by atoms with van der Waals surface area (Å²) >= 11 is 0. The van der Waals surface area contributed by atoms with Crippen molar-refractivity contribution in [2.75, 3.05) is 5.32 Å². The van der Waals surface area contributed by atoms with E-state index in [0.717, 1.165) is 12.1 Å². The molecule has 1 aromatic carbocycles. The highest BCUT2D eigenvalue weighted by Crippen LogP contribution is 2.14. The summed E-state index contributed by atoms with van der Waals surface area (Å²) in [4.78, 5) is 21.9. The first-order valence-corrected chi connectivity index (χ1v) is 4.72. The fraction of sp³-hybridized carbons (Fsp3) is 0.200. The van der Waals surface area contributed by atoms with Crippen LogP contribution in [0.3, 0.4) is 0 Å². The number of urea groups is 1. The van der Waals surface area contributed by atoms with Gasteiger partial charge in [0.2, 0.25) is 5.91 Å². The van der Waals surface area contributed by atoms with Crippen molar-refractivity contribution in [1.29, 1.82) is 0 Å². The normalized spacial score (nSPS) is 11.7. The van der Waals surface area contributed by atoms with Crippen LogP contribution in [0.1, 0.15) is 6.92 Å². The van der Waals surface area contributed by atoms with Crippen LogP contribution in [0.5, 0.6) is 0 Å². The van der Waals surface area contributed by atoms with E-state index in [1.807, 2.05) is 0 Å². The molecule has 0 fully saturated rings. The third-order valence-electron chi connectivity index (χ3n) is 1.94. The van der Waals surface area contributed by atoms with Gasteiger partial charge in [0.1, 0.15) is 17.7 Å². The first-order chi connectivity index (χ1) is 7.90. The molecule has 3 amide bonds. The van der Waals surface area contributed by atoms with E-state index in [2.05, 4.69) is 10.6 Å². The highest BCUT2D eigenvalue weighted by Gasteiger charge is 2.15. The topological polar surface area (TPSA) is 84.2 Å². The molecule has 0 saturated carbocycles. The summed E-state index contributed by atoms with van der Waals surface area (Å²) in [5.74, 6) is -2.30. The van der Waals surface area contributed by atoms with Gasteiger partial charge in [0.25, 0.3) is 0 Å². The minimum Gasteiger partial charge on any atom is -0.352 e. The highest BCUT2D eigenvalue weighted by atomic mass is 19.1. The summed E-state index contributed by atoms with van der Waals surface area (Å²) in [6.45, 7) is 1.38. The van der Waals surface area contributed by atoms with Crippen LogP contribution < -0.4 is 16.4 Å². The molecule has 1 unspecified atom stereocenters. The Morgan fingerprint density at radius 1 is 1.35 bits per heavy atom. The first-order valence-electron chi connectivity index (χ1n) is 4.72. The Kier molecular flexibility index (Phi) is 3.97. The van der Waals surface area contributed by atoms with Gasteiger partial charge in [-0.2, -0.15) is 0 Å². The van der Waals surface area contributed by atoms with Gasteiger partial charge in [0.15, 0.2) is 0 Å². The summed E-state index contributed by atoms with van der Waals surface area (Å²) < 4.78 is 25.8. The summed E-state index contributed by atoms with van der Waals surface area (Å²) in [5, 5.41) is 4.32. The van der Waals surface area contributed by atoms with Gasteiger partial charge in [-0.1, -0.05) is 0 Å². The Morgan fingerprint density at radius 3 is 2.53 bits per heavy atom. The molecule has 0 bridgehead atoms. The lowest BCUT2D eigenvalue weighted by Crippen LogP contribution is -2.44. The summed E-state index contributed by atoms with van der Waals surface area (Å²) in [7, 11) is 0. The third kappa shape index (κ3) is 3.71. The second kappa shape index (κ2) is 5.24. The molecule has 0 aliphatic carbocycles. The van der Waals surface area contributed by atoms with Crippen molar-refractivity contribution in [2.45, 2.75) is 13.0 Å². The molecule has 0 saturated heterocycles. The number of benzene rings is 1. The molecule has 0 aliphatic heterocycles. The smallest absolute Gasteiger partial charge is 0.312 e. The number of halogens is 2. The lowest BCUT2D eigenvalue weighted by Gasteiger charge is -2.12. The maximum Gasteiger partial charge on any atom is 0.312 e. The van der Waals surface area contributed by atoms with E-state index in [9.17, 15) is 18.4 Å². The van der Waals surface area contributed by atoms with Gasteiger partial charge < -0.3 is 16.4 Å². The molecule has 0 heterocycles. The van der Waals surface area contributed by atoms with Crippen LogP contribution >= 0.6 is 0 Å². The van der Waals surface area contributed by atoms with Crippen molar-refractivity contribution in [3.8, 4) is 0 Å². The van der Waals surface area contributed by atoms with Gasteiger partial charge in [-0.3, -0.25) is 4.79 Å². The van der Waals surface area contributed by atoms with E-state index < -0.39 is 29.6 Å². The van der Waals surface area contributed by atoms with Gasteiger partial charge in [0, 0.05) is 6.07 Å². The summed E-state index contributed by atoms with van der Waals surface area (Å²) in [6.07, 6.45) is 0. The lowest BCUT2D eigenvalue weighted by molar-refractivity contribution is -0.117. The van der Waals surface area contributed by atoms with Gasteiger partial charge in [0.05, 0.1) is 5.69 Å². The van der Waals surface area contributed by atoms with Crippen molar-refractivity contribution in [1.82, 2.24) is 5.32 Å². The number of nitrogens with two attached hydrogens (primary N) is 1. The van der Waals surface area contributed by atoms with Crippen molar-refractivity contribution >= 4 is 17.6 Å². The van der Waals surface area contributed by atoms with Crippen molar-refractivity contribution in [3.05, 3.63) is 29.8 Å². The Labute approximate surface area is 96.0 Å². The number of primary amides is 1. The second-order valence-electron chi connectivity index (χ2n) is 3.34. The van der Waals surface area contributed by atoms with Crippen molar-refractivity contribution < 1.29 is 18.4 Å². The zero-order chi connectivity index (χ0) is 13.0. The quantitative estimate of drug-likeness (QED) is 0.738. The SMILES string of the molecule is CC(NC(N)=O)C(=O)Nc1ccc(F)cc1F. The first kappa shape index (κ1) is 12.9. The van der Waals surface area contributed by atoms with Gasteiger partial charge in [-0.25, -0.2) is 13.6 Å². The van der Waals surface area contributed by atoms with Gasteiger partial charge in [-0.05, 0) is 19.1 Å². The number of hydrogen-bond acceptors (Lipinski definition) is 2. The summed E-state index contributed by atoms with van der Waals surface area (Å²) in [6, 6.07) is 0.941. The van der Waals surface area contributed by atoms with Crippen LogP contribution in [-0.2, 0) is 4.79 Å². The number of carbonyl (C=O) groups is 2. The standard InChI is InChI=1S/C10H11F2N3O2/c1-5(14-10(13)17)9(16)15-8-3-2-6(11)4-7(8)12/h2-5H,1H3,(H,15,16)(H3,13,14,17). The molecule has 0 aromatic heterocycles. The minimum atomic E-state index is -0.919. The molecule has 0 aliphatic rings. The number of hydrogen-bond donors (Lipinski definition) is 3. The molecule has 0 spiro atoms. The largest absolute Gasteiger partial charge is 0.352 e. The van der Waals surface area contributed by atoms with E-state index in [-0.39, 0.29) is 5.69 Å². The van der Waals surface area contributed by atoms with Crippen LogP contribution in [0.2, 0.25) is 0 Å². The fourth-order valence-electron chi connectivity index (χ4n) is 1.11. The van der Waals surface area contributed by atoms with Crippen LogP contribution in [-0.4, -0.2) is 18.0 Å². The van der Waals surface area contributed by atoms with Crippen molar-refractivity contribution in [2.24, 2.45) is 5.73 Å². The van der Waals surface area contributed by atoms with Gasteiger partial charge >= 0.3 is 6.03 Å². The number of nitrogens with one attached hydrogen (secondary N) is 2. The lowest BCUT2D eigenvalue weighted by atomic mass is 10.2. The van der Waals surface area contributed by atoms with Crippen LogP contribution in [0.25, 0.3) is 0 Å². The van der Waals surface area contributed by atoms with Crippen LogP contribution in [0.15, 0.2) is 18.2 Å². The molecule has 0 radical (unpaired) electrons. The zero-order valence-electron chi connectivity index (χ0n) is 8.96. The molecule has 5 nitrogen and oxygen atoms in total. The third-order valence-corrected chi connectivity index (χ3v) is 1.94. The fourth-order valence-corrected chi connectivity index (χ4v) is 1.11. The Bertz CT molecular complexity index is 451. The van der Waals surface area contributed by atoms with E-state index in [1.54, 1.807) is 0 Å². The molecular formula is C10H11F2N3O2. The van der Waals surface area contributed by atoms with E-state index in [1.165, 1.54) is 6.92 Å². The maximum atomic E-state index is 13.2. The Hall–Kier alpha value is -2.18.